The summed E-state index contributed by atoms with van der Waals surface area (Å²) in [7, 11) is -1.23. The van der Waals surface area contributed by atoms with Crippen LogP contribution < -0.4 is 9.46 Å². The average molecular weight is 417 g/mol. The SMILES string of the molecule is CNS(=O)(=O)c1cc(C(=O)O[C@@H](C)c2nnc(-c3ccccc3)o2)ccc1OC. The minimum atomic E-state index is -3.83. The van der Waals surface area contributed by atoms with Crippen LogP contribution in [0.15, 0.2) is 57.8 Å². The lowest BCUT2D eigenvalue weighted by molar-refractivity contribution is 0.0279. The van der Waals surface area contributed by atoms with Gasteiger partial charge in [-0.1, -0.05) is 18.2 Å². The Labute approximate surface area is 167 Å². The van der Waals surface area contributed by atoms with Crippen LogP contribution in [-0.2, 0) is 14.8 Å². The van der Waals surface area contributed by atoms with Gasteiger partial charge in [0.2, 0.25) is 15.9 Å². The number of sulfonamides is 1. The molecule has 0 bridgehead atoms. The number of benzene rings is 2. The van der Waals surface area contributed by atoms with E-state index in [1.54, 1.807) is 6.92 Å². The summed E-state index contributed by atoms with van der Waals surface area (Å²) in [6.45, 7) is 1.58. The zero-order valence-electron chi connectivity index (χ0n) is 15.9. The third-order valence-corrected chi connectivity index (χ3v) is 5.49. The normalized spacial score (nSPS) is 12.4. The molecule has 1 atom stereocenters. The maximum atomic E-state index is 12.5. The molecular weight excluding hydrogens is 398 g/mol. The van der Waals surface area contributed by atoms with E-state index < -0.39 is 22.1 Å². The van der Waals surface area contributed by atoms with Gasteiger partial charge in [-0.25, -0.2) is 17.9 Å². The lowest BCUT2D eigenvalue weighted by Crippen LogP contribution is -2.20. The zero-order chi connectivity index (χ0) is 21.0. The summed E-state index contributed by atoms with van der Waals surface area (Å²) >= 11 is 0. The van der Waals surface area contributed by atoms with Crippen LogP contribution >= 0.6 is 0 Å². The van der Waals surface area contributed by atoms with Crippen molar-refractivity contribution in [2.75, 3.05) is 14.2 Å². The minimum Gasteiger partial charge on any atom is -0.495 e. The number of nitrogens with zero attached hydrogens (tertiary/aromatic N) is 2. The molecule has 0 aliphatic carbocycles. The topological polar surface area (TPSA) is 121 Å². The second kappa shape index (κ2) is 8.41. The number of nitrogens with one attached hydrogen (secondary N) is 1. The lowest BCUT2D eigenvalue weighted by Gasteiger charge is -2.12. The third-order valence-electron chi connectivity index (χ3n) is 4.05. The summed E-state index contributed by atoms with van der Waals surface area (Å²) < 4.78 is 42.5. The lowest BCUT2D eigenvalue weighted by atomic mass is 10.2. The molecule has 0 unspecified atom stereocenters. The number of esters is 1. The van der Waals surface area contributed by atoms with Crippen molar-refractivity contribution in [3.05, 3.63) is 60.0 Å². The smallest absolute Gasteiger partial charge is 0.338 e. The van der Waals surface area contributed by atoms with E-state index in [1.807, 2.05) is 30.3 Å². The standard InChI is InChI=1S/C19H19N3O6S/c1-12(17-21-22-18(28-17)13-7-5-4-6-8-13)27-19(23)14-9-10-15(26-3)16(11-14)29(24,25)20-2/h4-12,20H,1-3H3/t12-/m0/s1. The number of rotatable bonds is 7. The van der Waals surface area contributed by atoms with Gasteiger partial charge in [0.1, 0.15) is 10.6 Å². The number of methoxy groups -OCH3 is 1. The molecule has 0 spiro atoms. The molecule has 0 aliphatic rings. The average Bonchev–Trinajstić information content (AvgIpc) is 3.24. The maximum Gasteiger partial charge on any atom is 0.338 e. The Hall–Kier alpha value is -3.24. The van der Waals surface area contributed by atoms with Crippen LogP contribution in [0.5, 0.6) is 5.75 Å². The number of carbonyl (C=O) groups excluding carboxylic acids is 1. The van der Waals surface area contributed by atoms with E-state index in [1.165, 1.54) is 32.4 Å². The van der Waals surface area contributed by atoms with Crippen LogP contribution in [0.25, 0.3) is 11.5 Å². The summed E-state index contributed by atoms with van der Waals surface area (Å²) in [4.78, 5) is 12.3. The van der Waals surface area contributed by atoms with Crippen molar-refractivity contribution in [2.45, 2.75) is 17.9 Å². The van der Waals surface area contributed by atoms with Gasteiger partial charge in [-0.05, 0) is 44.3 Å². The van der Waals surface area contributed by atoms with E-state index >= 15 is 0 Å². The van der Waals surface area contributed by atoms with Crippen molar-refractivity contribution in [1.29, 1.82) is 0 Å². The first-order valence-electron chi connectivity index (χ1n) is 8.57. The molecule has 10 heteroatoms. The molecule has 0 fully saturated rings. The molecule has 3 rings (SSSR count). The van der Waals surface area contributed by atoms with Crippen molar-refractivity contribution in [1.82, 2.24) is 14.9 Å². The molecule has 0 saturated carbocycles. The van der Waals surface area contributed by atoms with Gasteiger partial charge in [0.05, 0.1) is 12.7 Å². The number of ether oxygens (including phenoxy) is 2. The molecule has 1 N–H and O–H groups in total. The molecule has 152 valence electrons. The summed E-state index contributed by atoms with van der Waals surface area (Å²) in [5, 5.41) is 7.87. The largest absolute Gasteiger partial charge is 0.495 e. The predicted molar refractivity (Wildman–Crippen MR) is 103 cm³/mol. The highest BCUT2D eigenvalue weighted by molar-refractivity contribution is 7.89. The molecular formula is C19H19N3O6S. The van der Waals surface area contributed by atoms with Crippen molar-refractivity contribution in [3.8, 4) is 17.2 Å². The molecule has 0 saturated heterocycles. The summed E-state index contributed by atoms with van der Waals surface area (Å²) in [6.07, 6.45) is -0.834. The Balaban J connectivity index is 1.80. The van der Waals surface area contributed by atoms with Gasteiger partial charge in [0, 0.05) is 5.56 Å². The second-order valence-electron chi connectivity index (χ2n) is 5.93. The Morgan fingerprint density at radius 1 is 1.14 bits per heavy atom. The van der Waals surface area contributed by atoms with Gasteiger partial charge >= 0.3 is 5.97 Å². The molecule has 0 aliphatic heterocycles. The Morgan fingerprint density at radius 3 is 2.52 bits per heavy atom. The first-order valence-corrected chi connectivity index (χ1v) is 10.1. The zero-order valence-corrected chi connectivity index (χ0v) is 16.8. The number of hydrogen-bond donors (Lipinski definition) is 1. The van der Waals surface area contributed by atoms with Crippen LogP contribution in [0.1, 0.15) is 29.3 Å². The van der Waals surface area contributed by atoms with E-state index in [0.717, 1.165) is 5.56 Å². The van der Waals surface area contributed by atoms with Crippen LogP contribution in [0.4, 0.5) is 0 Å². The van der Waals surface area contributed by atoms with E-state index in [0.29, 0.717) is 5.89 Å². The summed E-state index contributed by atoms with van der Waals surface area (Å²) in [5.41, 5.74) is 0.774. The number of carbonyl (C=O) groups is 1. The molecule has 2 aromatic carbocycles. The van der Waals surface area contributed by atoms with E-state index in [4.69, 9.17) is 13.9 Å². The molecule has 0 radical (unpaired) electrons. The molecule has 29 heavy (non-hydrogen) atoms. The molecule has 9 nitrogen and oxygen atoms in total. The molecule has 0 amide bonds. The Kier molecular flexibility index (Phi) is 5.95. The van der Waals surface area contributed by atoms with Crippen molar-refractivity contribution < 1.29 is 27.1 Å². The van der Waals surface area contributed by atoms with Crippen LogP contribution in [-0.4, -0.2) is 38.7 Å². The first-order chi connectivity index (χ1) is 13.9. The fourth-order valence-corrected chi connectivity index (χ4v) is 3.42. The highest BCUT2D eigenvalue weighted by Gasteiger charge is 2.23. The Bertz CT molecular complexity index is 1110. The van der Waals surface area contributed by atoms with E-state index in [9.17, 15) is 13.2 Å². The summed E-state index contributed by atoms with van der Waals surface area (Å²) in [5.74, 6) is -0.218. The number of aromatic nitrogens is 2. The van der Waals surface area contributed by atoms with Crippen LogP contribution in [0.3, 0.4) is 0 Å². The van der Waals surface area contributed by atoms with Crippen molar-refractivity contribution in [2.24, 2.45) is 0 Å². The predicted octanol–water partition coefficient (Wildman–Crippen LogP) is 2.57. The third kappa shape index (κ3) is 4.44. The van der Waals surface area contributed by atoms with Gasteiger partial charge in [-0.15, -0.1) is 10.2 Å². The van der Waals surface area contributed by atoms with Gasteiger partial charge in [0.15, 0.2) is 6.10 Å². The van der Waals surface area contributed by atoms with Gasteiger partial charge in [-0.2, -0.15) is 0 Å². The second-order valence-corrected chi connectivity index (χ2v) is 7.79. The van der Waals surface area contributed by atoms with E-state index in [2.05, 4.69) is 14.9 Å². The minimum absolute atomic E-state index is 0.0364. The van der Waals surface area contributed by atoms with E-state index in [-0.39, 0.29) is 22.1 Å². The molecule has 1 heterocycles. The molecule has 1 aromatic heterocycles. The van der Waals surface area contributed by atoms with Crippen molar-refractivity contribution in [3.63, 3.8) is 0 Å². The van der Waals surface area contributed by atoms with Gasteiger partial charge in [0.25, 0.3) is 5.89 Å². The highest BCUT2D eigenvalue weighted by Crippen LogP contribution is 2.27. The quantitative estimate of drug-likeness (QED) is 0.582. The van der Waals surface area contributed by atoms with Gasteiger partial charge in [-0.3, -0.25) is 0 Å². The van der Waals surface area contributed by atoms with Gasteiger partial charge < -0.3 is 13.9 Å². The molecule has 3 aromatic rings. The van der Waals surface area contributed by atoms with Crippen LogP contribution in [0.2, 0.25) is 0 Å². The first kappa shape index (κ1) is 20.5. The Morgan fingerprint density at radius 2 is 1.86 bits per heavy atom. The highest BCUT2D eigenvalue weighted by atomic mass is 32.2. The fourth-order valence-electron chi connectivity index (χ4n) is 2.50. The fraction of sp³-hybridized carbons (Fsp3) is 0.211. The van der Waals surface area contributed by atoms with Crippen molar-refractivity contribution >= 4 is 16.0 Å². The summed E-state index contributed by atoms with van der Waals surface area (Å²) in [6, 6.07) is 13.1. The van der Waals surface area contributed by atoms with Crippen LogP contribution in [0, 0.1) is 0 Å². The maximum absolute atomic E-state index is 12.5. The monoisotopic (exact) mass is 417 g/mol. The number of hydrogen-bond acceptors (Lipinski definition) is 8.